The van der Waals surface area contributed by atoms with Gasteiger partial charge in [-0.15, -0.1) is 0 Å². The van der Waals surface area contributed by atoms with Crippen molar-refractivity contribution in [1.29, 1.82) is 0 Å². The normalized spacial score (nSPS) is 61.7. The molecule has 0 bridgehead atoms. The van der Waals surface area contributed by atoms with Gasteiger partial charge < -0.3 is 30.3 Å². The molecule has 6 nitrogen and oxygen atoms in total. The minimum absolute atomic E-state index is 0.0355. The molecule has 0 aromatic carbocycles. The molecule has 206 valence electrons. The smallest absolute Gasteiger partial charge is 0.0865 e. The molecule has 1 saturated heterocycles. The highest BCUT2D eigenvalue weighted by Crippen LogP contribution is 2.89. The van der Waals surface area contributed by atoms with Gasteiger partial charge >= 0.3 is 0 Å². The second-order valence-electron chi connectivity index (χ2n) is 16.0. The Morgan fingerprint density at radius 2 is 1.44 bits per heavy atom. The molecule has 2 spiro atoms. The summed E-state index contributed by atoms with van der Waals surface area (Å²) in [6, 6.07) is 0. The molecule has 6 rings (SSSR count). The van der Waals surface area contributed by atoms with Crippen molar-refractivity contribution in [1.82, 2.24) is 0 Å². The maximum atomic E-state index is 12.1. The fourth-order valence-electron chi connectivity index (χ4n) is 12.2. The molecule has 0 radical (unpaired) electrons. The minimum atomic E-state index is -0.956. The molecule has 0 aromatic heterocycles. The first-order valence-electron chi connectivity index (χ1n) is 14.5. The van der Waals surface area contributed by atoms with E-state index in [0.29, 0.717) is 19.3 Å². The molecule has 2 unspecified atom stereocenters. The first kappa shape index (κ1) is 26.0. The van der Waals surface area contributed by atoms with Crippen LogP contribution < -0.4 is 0 Å². The number of hydrogen-bond acceptors (Lipinski definition) is 6. The third kappa shape index (κ3) is 2.75. The molecule has 13 atom stereocenters. The Morgan fingerprint density at radius 3 is 2.06 bits per heavy atom. The van der Waals surface area contributed by atoms with E-state index in [-0.39, 0.29) is 45.5 Å². The summed E-state index contributed by atoms with van der Waals surface area (Å²) in [6.45, 7) is 14.4. The molecule has 36 heavy (non-hydrogen) atoms. The summed E-state index contributed by atoms with van der Waals surface area (Å²) >= 11 is 0. The molecule has 5 saturated carbocycles. The highest BCUT2D eigenvalue weighted by Gasteiger charge is 2.86. The topological polar surface area (TPSA) is 110 Å². The second-order valence-corrected chi connectivity index (χ2v) is 16.0. The fourth-order valence-corrected chi connectivity index (χ4v) is 12.2. The summed E-state index contributed by atoms with van der Waals surface area (Å²) in [7, 11) is 0. The zero-order valence-electron chi connectivity index (χ0n) is 23.4. The van der Waals surface area contributed by atoms with E-state index in [9.17, 15) is 25.5 Å². The van der Waals surface area contributed by atoms with Crippen LogP contribution in [0.4, 0.5) is 0 Å². The molecule has 6 fully saturated rings. The van der Waals surface area contributed by atoms with Crippen molar-refractivity contribution < 1.29 is 30.3 Å². The van der Waals surface area contributed by atoms with Crippen LogP contribution in [0.2, 0.25) is 0 Å². The minimum Gasteiger partial charge on any atom is -0.393 e. The van der Waals surface area contributed by atoms with Crippen LogP contribution in [-0.4, -0.2) is 67.3 Å². The summed E-state index contributed by atoms with van der Waals surface area (Å²) in [4.78, 5) is 0. The van der Waals surface area contributed by atoms with Gasteiger partial charge in [0.15, 0.2) is 0 Å². The molecule has 1 aliphatic heterocycles. The highest BCUT2D eigenvalue weighted by molar-refractivity contribution is 5.34. The second kappa shape index (κ2) is 7.09. The van der Waals surface area contributed by atoms with Gasteiger partial charge in [0.05, 0.1) is 41.7 Å². The number of hydrogen-bond donors (Lipinski definition) is 5. The predicted molar refractivity (Wildman–Crippen MR) is 136 cm³/mol. The van der Waals surface area contributed by atoms with Crippen molar-refractivity contribution in [2.24, 2.45) is 44.8 Å². The summed E-state index contributed by atoms with van der Waals surface area (Å²) in [5.41, 5.74) is -2.92. The van der Waals surface area contributed by atoms with Crippen LogP contribution in [0.1, 0.15) is 99.8 Å². The quantitative estimate of drug-likeness (QED) is 0.393. The van der Waals surface area contributed by atoms with Gasteiger partial charge in [-0.05, 0) is 106 Å². The largest absolute Gasteiger partial charge is 0.393 e. The van der Waals surface area contributed by atoms with Gasteiger partial charge in [0.25, 0.3) is 0 Å². The monoisotopic (exact) mass is 506 g/mol. The van der Waals surface area contributed by atoms with Gasteiger partial charge in [0, 0.05) is 11.3 Å². The van der Waals surface area contributed by atoms with Gasteiger partial charge in [-0.1, -0.05) is 27.7 Å². The Kier molecular flexibility index (Phi) is 5.12. The van der Waals surface area contributed by atoms with Crippen molar-refractivity contribution in [3.8, 4) is 0 Å². The molecule has 5 N–H and O–H groups in total. The van der Waals surface area contributed by atoms with Crippen LogP contribution in [0.5, 0.6) is 0 Å². The summed E-state index contributed by atoms with van der Waals surface area (Å²) < 4.78 is 6.59. The van der Waals surface area contributed by atoms with Crippen LogP contribution in [0.3, 0.4) is 0 Å². The van der Waals surface area contributed by atoms with E-state index in [2.05, 4.69) is 34.6 Å². The van der Waals surface area contributed by atoms with Gasteiger partial charge in [-0.25, -0.2) is 0 Å². The van der Waals surface area contributed by atoms with Crippen molar-refractivity contribution in [2.45, 2.75) is 142 Å². The van der Waals surface area contributed by atoms with E-state index in [4.69, 9.17) is 4.74 Å². The lowest BCUT2D eigenvalue weighted by Gasteiger charge is -2.65. The van der Waals surface area contributed by atoms with E-state index in [0.717, 1.165) is 32.1 Å². The SMILES string of the molecule is CC(C)(O)[C@@H]1CC[C@](C)([C@H]2[C@@H](O)C[C@@]3(C)C4C[C@H](O)C5C(C)(C)[C@@H](O)CC[C@@]56C[C@@]46C[C@@H](O)[C@]23C)O1. The molecule has 0 aromatic rings. The number of fused-ring (bicyclic) bond motifs is 2. The fraction of sp³-hybridized carbons (Fsp3) is 1.00. The molecule has 5 aliphatic carbocycles. The summed E-state index contributed by atoms with van der Waals surface area (Å²) in [6.07, 6.45) is 3.77. The maximum Gasteiger partial charge on any atom is 0.0865 e. The van der Waals surface area contributed by atoms with Gasteiger partial charge in [0.1, 0.15) is 0 Å². The summed E-state index contributed by atoms with van der Waals surface area (Å²) in [5, 5.41) is 57.1. The van der Waals surface area contributed by atoms with Crippen molar-refractivity contribution in [3.63, 3.8) is 0 Å². The maximum absolute atomic E-state index is 12.1. The summed E-state index contributed by atoms with van der Waals surface area (Å²) in [5.74, 6) is 0.00446. The third-order valence-corrected chi connectivity index (χ3v) is 13.8. The van der Waals surface area contributed by atoms with Crippen LogP contribution in [-0.2, 0) is 4.74 Å². The third-order valence-electron chi connectivity index (χ3n) is 13.8. The molecule has 1 heterocycles. The first-order chi connectivity index (χ1) is 16.4. The zero-order chi connectivity index (χ0) is 26.5. The Morgan fingerprint density at radius 1 is 0.778 bits per heavy atom. The average Bonchev–Trinajstić information content (AvgIpc) is 3.06. The molecule has 6 aliphatic rings. The average molecular weight is 507 g/mol. The Hall–Kier alpha value is -0.240. The van der Waals surface area contributed by atoms with E-state index in [1.807, 2.05) is 0 Å². The van der Waals surface area contributed by atoms with E-state index in [1.165, 1.54) is 0 Å². The number of rotatable bonds is 2. The molecule has 0 amide bonds. The standard InChI is InChI=1S/C30H50O6/c1-24(2)19(33)8-11-29-15-30(29)14-20(34)28(7)23(27(6)10-9-21(36-27)25(3,4)35)17(32)13-26(28,5)18(30)12-16(31)22(24)29/h16-23,31-35H,8-15H2,1-7H3/t16-,17-,18?,19-,20+,21-,22?,23+,26-,27+,28+,29+,30-/m0/s1. The zero-order valence-corrected chi connectivity index (χ0v) is 23.4. The number of aliphatic hydroxyl groups is 5. The Bertz CT molecular complexity index is 944. The lowest BCUT2D eigenvalue weighted by molar-refractivity contribution is -0.244. The lowest BCUT2D eigenvalue weighted by atomic mass is 9.40. The Labute approximate surface area is 216 Å². The van der Waals surface area contributed by atoms with Gasteiger partial charge in [-0.3, -0.25) is 0 Å². The van der Waals surface area contributed by atoms with E-state index < -0.39 is 41.0 Å². The van der Waals surface area contributed by atoms with Crippen LogP contribution in [0.25, 0.3) is 0 Å². The van der Waals surface area contributed by atoms with Crippen molar-refractivity contribution in [2.75, 3.05) is 0 Å². The van der Waals surface area contributed by atoms with Crippen molar-refractivity contribution in [3.05, 3.63) is 0 Å². The lowest BCUT2D eigenvalue weighted by Crippen LogP contribution is -2.66. The van der Waals surface area contributed by atoms with Crippen LogP contribution in [0, 0.1) is 44.8 Å². The molecule has 6 heteroatoms. The van der Waals surface area contributed by atoms with Crippen molar-refractivity contribution >= 4 is 0 Å². The Balaban J connectivity index is 1.40. The van der Waals surface area contributed by atoms with Crippen LogP contribution >= 0.6 is 0 Å². The molecular formula is C30H50O6. The van der Waals surface area contributed by atoms with E-state index in [1.54, 1.807) is 13.8 Å². The number of ether oxygens (including phenoxy) is 1. The van der Waals surface area contributed by atoms with E-state index >= 15 is 0 Å². The predicted octanol–water partition coefficient (Wildman–Crippen LogP) is 3.41. The van der Waals surface area contributed by atoms with Crippen LogP contribution in [0.15, 0.2) is 0 Å². The van der Waals surface area contributed by atoms with Gasteiger partial charge in [0.2, 0.25) is 0 Å². The molecular weight excluding hydrogens is 456 g/mol. The highest BCUT2D eigenvalue weighted by atomic mass is 16.5. The first-order valence-corrected chi connectivity index (χ1v) is 14.5. The van der Waals surface area contributed by atoms with Gasteiger partial charge in [-0.2, -0.15) is 0 Å². The number of aliphatic hydroxyl groups excluding tert-OH is 4.